The van der Waals surface area contributed by atoms with Gasteiger partial charge in [0.25, 0.3) is 0 Å². The highest BCUT2D eigenvalue weighted by atomic mass is 16.3. The quantitative estimate of drug-likeness (QED) is 0.681. The molecule has 0 radical (unpaired) electrons. The van der Waals surface area contributed by atoms with Crippen LogP contribution in [0.15, 0.2) is 34.7 Å². The second-order valence-corrected chi connectivity index (χ2v) is 4.79. The molecule has 0 fully saturated rings. The fourth-order valence-corrected chi connectivity index (χ4v) is 2.41. The monoisotopic (exact) mass is 244 g/mol. The first-order valence-electron chi connectivity index (χ1n) is 6.79. The highest BCUT2D eigenvalue weighted by Crippen LogP contribution is 2.24. The molecule has 96 valence electrons. The van der Waals surface area contributed by atoms with Crippen LogP contribution in [0.3, 0.4) is 0 Å². The van der Waals surface area contributed by atoms with Gasteiger partial charge in [0, 0.05) is 11.3 Å². The van der Waals surface area contributed by atoms with Gasteiger partial charge in [-0.25, -0.2) is 0 Å². The predicted molar refractivity (Wildman–Crippen MR) is 73.9 cm³/mol. The maximum atomic E-state index is 12.4. The average Bonchev–Trinajstić information content (AvgIpc) is 2.81. The fourth-order valence-electron chi connectivity index (χ4n) is 2.41. The number of hydrogen-bond acceptors (Lipinski definition) is 2. The number of hydrogen-bond donors (Lipinski definition) is 0. The van der Waals surface area contributed by atoms with E-state index >= 15 is 0 Å². The normalized spacial score (nSPS) is 11.3. The lowest BCUT2D eigenvalue weighted by atomic mass is 9.92. The Morgan fingerprint density at radius 1 is 1.17 bits per heavy atom. The number of rotatable bonds is 6. The van der Waals surface area contributed by atoms with Crippen LogP contribution in [-0.2, 0) is 0 Å². The van der Waals surface area contributed by atoms with E-state index in [-0.39, 0.29) is 11.7 Å². The topological polar surface area (TPSA) is 30.2 Å². The van der Waals surface area contributed by atoms with E-state index in [2.05, 4.69) is 13.8 Å². The summed E-state index contributed by atoms with van der Waals surface area (Å²) in [5.74, 6) is 0.790. The Bertz CT molecular complexity index is 486. The van der Waals surface area contributed by atoms with E-state index in [1.54, 1.807) is 0 Å². The summed E-state index contributed by atoms with van der Waals surface area (Å²) in [5, 5.41) is 1.01. The molecule has 0 aliphatic carbocycles. The highest BCUT2D eigenvalue weighted by molar-refractivity contribution is 5.98. The zero-order valence-electron chi connectivity index (χ0n) is 11.1. The molecular weight excluding hydrogens is 224 g/mol. The van der Waals surface area contributed by atoms with Gasteiger partial charge in [-0.1, -0.05) is 44.9 Å². The van der Waals surface area contributed by atoms with E-state index in [9.17, 15) is 4.79 Å². The summed E-state index contributed by atoms with van der Waals surface area (Å²) < 4.78 is 5.65. The summed E-state index contributed by atoms with van der Waals surface area (Å²) in [6, 6.07) is 9.64. The minimum atomic E-state index is 0.112. The van der Waals surface area contributed by atoms with Crippen LogP contribution in [0.25, 0.3) is 11.0 Å². The van der Waals surface area contributed by atoms with Crippen molar-refractivity contribution in [1.82, 2.24) is 0 Å². The van der Waals surface area contributed by atoms with Crippen LogP contribution in [0.4, 0.5) is 0 Å². The summed E-state index contributed by atoms with van der Waals surface area (Å²) in [7, 11) is 0. The molecule has 0 aliphatic rings. The largest absolute Gasteiger partial charge is 0.453 e. The zero-order chi connectivity index (χ0) is 13.0. The molecule has 18 heavy (non-hydrogen) atoms. The van der Waals surface area contributed by atoms with Crippen LogP contribution in [0.1, 0.15) is 50.1 Å². The van der Waals surface area contributed by atoms with Crippen LogP contribution in [0, 0.1) is 5.92 Å². The van der Waals surface area contributed by atoms with Crippen LogP contribution in [0.5, 0.6) is 0 Å². The van der Waals surface area contributed by atoms with Crippen LogP contribution in [0.2, 0.25) is 0 Å². The molecule has 2 aromatic rings. The Hall–Kier alpha value is -1.57. The first-order chi connectivity index (χ1) is 8.76. The van der Waals surface area contributed by atoms with E-state index in [0.717, 1.165) is 36.7 Å². The molecule has 0 N–H and O–H groups in total. The van der Waals surface area contributed by atoms with Gasteiger partial charge in [0.1, 0.15) is 5.58 Å². The number of benzene rings is 1. The Balaban J connectivity index is 2.25. The second kappa shape index (κ2) is 5.85. The molecular formula is C16H20O2. The van der Waals surface area contributed by atoms with Gasteiger partial charge in [-0.2, -0.15) is 0 Å². The molecule has 2 heteroatoms. The van der Waals surface area contributed by atoms with Crippen molar-refractivity contribution in [1.29, 1.82) is 0 Å². The Labute approximate surface area is 108 Å². The van der Waals surface area contributed by atoms with Crippen LogP contribution < -0.4 is 0 Å². The minimum Gasteiger partial charge on any atom is -0.453 e. The van der Waals surface area contributed by atoms with Crippen molar-refractivity contribution >= 4 is 16.8 Å². The number of carbonyl (C=O) groups is 1. The minimum absolute atomic E-state index is 0.112. The van der Waals surface area contributed by atoms with Gasteiger partial charge >= 0.3 is 0 Å². The van der Waals surface area contributed by atoms with E-state index in [0.29, 0.717) is 5.76 Å². The average molecular weight is 244 g/mol. The molecule has 0 spiro atoms. The highest BCUT2D eigenvalue weighted by Gasteiger charge is 2.21. The van der Waals surface area contributed by atoms with Gasteiger partial charge in [0.05, 0.1) is 0 Å². The first-order valence-corrected chi connectivity index (χ1v) is 6.79. The molecule has 0 atom stereocenters. The number of ketones is 1. The standard InChI is InChI=1S/C16H20O2/c1-3-7-12(8-4-2)16(17)15-11-13-9-5-6-10-14(13)18-15/h5-6,9-12H,3-4,7-8H2,1-2H3. The molecule has 0 bridgehead atoms. The third-order valence-corrected chi connectivity index (χ3v) is 3.31. The molecule has 0 unspecified atom stereocenters. The van der Waals surface area contributed by atoms with Crippen molar-refractivity contribution in [3.63, 3.8) is 0 Å². The molecule has 1 heterocycles. The number of fused-ring (bicyclic) bond motifs is 1. The van der Waals surface area contributed by atoms with Gasteiger partial charge in [0.2, 0.25) is 5.78 Å². The molecule has 1 aromatic heterocycles. The first kappa shape index (κ1) is 12.9. The van der Waals surface area contributed by atoms with Gasteiger partial charge in [-0.05, 0) is 25.0 Å². The van der Waals surface area contributed by atoms with Crippen molar-refractivity contribution in [3.05, 3.63) is 36.1 Å². The van der Waals surface area contributed by atoms with Gasteiger partial charge in [-0.15, -0.1) is 0 Å². The lowest BCUT2D eigenvalue weighted by Gasteiger charge is -2.11. The lowest BCUT2D eigenvalue weighted by molar-refractivity contribution is 0.0878. The Kier molecular flexibility index (Phi) is 4.19. The summed E-state index contributed by atoms with van der Waals surface area (Å²) >= 11 is 0. The van der Waals surface area contributed by atoms with Crippen molar-refractivity contribution < 1.29 is 9.21 Å². The number of Topliss-reactive ketones (excluding diaryl/α,β-unsaturated/α-hetero) is 1. The fraction of sp³-hybridized carbons (Fsp3) is 0.438. The van der Waals surface area contributed by atoms with Crippen molar-refractivity contribution in [2.75, 3.05) is 0 Å². The summed E-state index contributed by atoms with van der Waals surface area (Å²) in [5.41, 5.74) is 0.799. The summed E-state index contributed by atoms with van der Waals surface area (Å²) in [6.45, 7) is 4.24. The van der Waals surface area contributed by atoms with E-state index in [4.69, 9.17) is 4.42 Å². The van der Waals surface area contributed by atoms with E-state index < -0.39 is 0 Å². The number of para-hydroxylation sites is 1. The number of furan rings is 1. The summed E-state index contributed by atoms with van der Waals surface area (Å²) in [4.78, 5) is 12.4. The van der Waals surface area contributed by atoms with E-state index in [1.807, 2.05) is 30.3 Å². The molecule has 0 aliphatic heterocycles. The summed E-state index contributed by atoms with van der Waals surface area (Å²) in [6.07, 6.45) is 3.97. The van der Waals surface area contributed by atoms with Gasteiger partial charge < -0.3 is 4.42 Å². The molecule has 1 aromatic carbocycles. The van der Waals surface area contributed by atoms with Crippen molar-refractivity contribution in [2.45, 2.75) is 39.5 Å². The number of carbonyl (C=O) groups excluding carboxylic acids is 1. The van der Waals surface area contributed by atoms with Crippen LogP contribution >= 0.6 is 0 Å². The SMILES string of the molecule is CCCC(CCC)C(=O)c1cc2ccccc2o1. The van der Waals surface area contributed by atoms with Crippen LogP contribution in [-0.4, -0.2) is 5.78 Å². The van der Waals surface area contributed by atoms with Gasteiger partial charge in [0.15, 0.2) is 5.76 Å². The second-order valence-electron chi connectivity index (χ2n) is 4.79. The smallest absolute Gasteiger partial charge is 0.201 e. The van der Waals surface area contributed by atoms with E-state index in [1.165, 1.54) is 0 Å². The Morgan fingerprint density at radius 3 is 2.44 bits per heavy atom. The Morgan fingerprint density at radius 2 is 1.83 bits per heavy atom. The zero-order valence-corrected chi connectivity index (χ0v) is 11.1. The van der Waals surface area contributed by atoms with Crippen molar-refractivity contribution in [3.8, 4) is 0 Å². The molecule has 2 rings (SSSR count). The lowest BCUT2D eigenvalue weighted by Crippen LogP contribution is -2.13. The molecule has 2 nitrogen and oxygen atoms in total. The molecule has 0 saturated heterocycles. The van der Waals surface area contributed by atoms with Gasteiger partial charge in [-0.3, -0.25) is 4.79 Å². The van der Waals surface area contributed by atoms with Crippen molar-refractivity contribution in [2.24, 2.45) is 5.92 Å². The molecule has 0 saturated carbocycles. The third-order valence-electron chi connectivity index (χ3n) is 3.31. The third kappa shape index (κ3) is 2.63. The maximum absolute atomic E-state index is 12.4. The molecule has 0 amide bonds. The predicted octanol–water partition coefficient (Wildman–Crippen LogP) is 4.83. The maximum Gasteiger partial charge on any atom is 0.201 e.